The maximum atomic E-state index is 5.98. The van der Waals surface area contributed by atoms with E-state index >= 15 is 0 Å². The number of halogens is 2. The maximum absolute atomic E-state index is 5.98. The molecule has 0 saturated carbocycles. The Labute approximate surface area is 114 Å². The summed E-state index contributed by atoms with van der Waals surface area (Å²) >= 11 is 13.3. The fourth-order valence-corrected chi connectivity index (χ4v) is 2.45. The van der Waals surface area contributed by atoms with Gasteiger partial charge >= 0.3 is 0 Å². The summed E-state index contributed by atoms with van der Waals surface area (Å²) in [4.78, 5) is 4.32. The van der Waals surface area contributed by atoms with E-state index in [0.717, 1.165) is 23.1 Å². The average Bonchev–Trinajstić information content (AvgIpc) is 2.88. The number of hydrogen-bond acceptors (Lipinski definition) is 4. The first-order valence-corrected chi connectivity index (χ1v) is 6.70. The Balaban J connectivity index is 2.04. The summed E-state index contributed by atoms with van der Waals surface area (Å²) in [6.45, 7) is 2.66. The normalized spacial score (nSPS) is 10.8. The monoisotopic (exact) mass is 290 g/mol. The van der Waals surface area contributed by atoms with Gasteiger partial charge in [0.2, 0.25) is 5.13 Å². The molecule has 0 amide bonds. The average molecular weight is 291 g/mol. The second-order valence-electron chi connectivity index (χ2n) is 3.56. The molecule has 0 bridgehead atoms. The van der Waals surface area contributed by atoms with Gasteiger partial charge in [-0.15, -0.1) is 0 Å². The van der Waals surface area contributed by atoms with Crippen molar-refractivity contribution in [3.8, 4) is 0 Å². The lowest BCUT2D eigenvalue weighted by atomic mass is 10.4. The van der Waals surface area contributed by atoms with Gasteiger partial charge in [0.05, 0.1) is 11.6 Å². The van der Waals surface area contributed by atoms with Gasteiger partial charge in [-0.25, -0.2) is 4.98 Å². The van der Waals surface area contributed by atoms with Gasteiger partial charge in [-0.05, 0) is 6.07 Å². The van der Waals surface area contributed by atoms with Crippen LogP contribution in [0, 0.1) is 0 Å². The molecule has 17 heavy (non-hydrogen) atoms. The van der Waals surface area contributed by atoms with Crippen LogP contribution in [0.2, 0.25) is 10.2 Å². The van der Waals surface area contributed by atoms with Crippen LogP contribution in [0.1, 0.15) is 18.4 Å². The third kappa shape index (κ3) is 2.73. The molecule has 0 unspecified atom stereocenters. The van der Waals surface area contributed by atoms with Gasteiger partial charge in [-0.2, -0.15) is 4.37 Å². The molecule has 0 spiro atoms. The Bertz CT molecular complexity index is 520. The highest BCUT2D eigenvalue weighted by molar-refractivity contribution is 7.09. The molecule has 0 aromatic carbocycles. The first-order chi connectivity index (χ1) is 8.11. The quantitative estimate of drug-likeness (QED) is 0.939. The Hall–Kier alpha value is -0.780. The number of nitrogens with one attached hydrogen (secondary N) is 1. The van der Waals surface area contributed by atoms with E-state index in [1.165, 1.54) is 11.5 Å². The standard InChI is InChI=1S/C10H12Cl2N4S/c1-3-8-14-10(17-15-8)13-5-6-4-7(11)9(12)16(6)2/h4H,3,5H2,1-2H3,(H,13,14,15). The molecule has 0 radical (unpaired) electrons. The number of nitrogens with zero attached hydrogens (tertiary/aromatic N) is 3. The van der Waals surface area contributed by atoms with Crippen LogP contribution in [0.4, 0.5) is 5.13 Å². The van der Waals surface area contributed by atoms with Crippen molar-refractivity contribution < 1.29 is 0 Å². The van der Waals surface area contributed by atoms with Crippen molar-refractivity contribution >= 4 is 39.9 Å². The van der Waals surface area contributed by atoms with E-state index in [2.05, 4.69) is 14.7 Å². The van der Waals surface area contributed by atoms with Crippen LogP contribution in [0.15, 0.2) is 6.07 Å². The van der Waals surface area contributed by atoms with Crippen molar-refractivity contribution in [2.45, 2.75) is 19.9 Å². The highest BCUT2D eigenvalue weighted by Gasteiger charge is 2.09. The van der Waals surface area contributed by atoms with Gasteiger partial charge in [0, 0.05) is 30.7 Å². The molecule has 0 aliphatic rings. The molecule has 2 aromatic rings. The van der Waals surface area contributed by atoms with Gasteiger partial charge in [0.15, 0.2) is 0 Å². The smallest absolute Gasteiger partial charge is 0.202 e. The van der Waals surface area contributed by atoms with E-state index in [1.54, 1.807) is 0 Å². The lowest BCUT2D eigenvalue weighted by molar-refractivity contribution is 0.842. The lowest BCUT2D eigenvalue weighted by Crippen LogP contribution is -2.04. The molecule has 2 heterocycles. The maximum Gasteiger partial charge on any atom is 0.202 e. The summed E-state index contributed by atoms with van der Waals surface area (Å²) in [7, 11) is 1.88. The van der Waals surface area contributed by atoms with Crippen LogP contribution in [0.5, 0.6) is 0 Å². The van der Waals surface area contributed by atoms with E-state index in [9.17, 15) is 0 Å². The molecule has 0 saturated heterocycles. The van der Waals surface area contributed by atoms with Crippen molar-refractivity contribution in [2.75, 3.05) is 5.32 Å². The molecule has 1 N–H and O–H groups in total. The Kier molecular flexibility index (Phi) is 3.91. The Morgan fingerprint density at radius 1 is 1.47 bits per heavy atom. The predicted molar refractivity (Wildman–Crippen MR) is 72.0 cm³/mol. The first kappa shape index (κ1) is 12.7. The molecule has 4 nitrogen and oxygen atoms in total. The van der Waals surface area contributed by atoms with Crippen LogP contribution in [0.25, 0.3) is 0 Å². The van der Waals surface area contributed by atoms with Crippen LogP contribution in [-0.2, 0) is 20.0 Å². The minimum atomic E-state index is 0.551. The number of anilines is 1. The van der Waals surface area contributed by atoms with Crippen molar-refractivity contribution in [3.63, 3.8) is 0 Å². The molecule has 7 heteroatoms. The zero-order chi connectivity index (χ0) is 12.4. The molecule has 0 atom stereocenters. The molecule has 92 valence electrons. The largest absolute Gasteiger partial charge is 0.355 e. The molecule has 0 aliphatic heterocycles. The van der Waals surface area contributed by atoms with Crippen molar-refractivity contribution in [1.29, 1.82) is 0 Å². The van der Waals surface area contributed by atoms with Crippen molar-refractivity contribution in [3.05, 3.63) is 27.8 Å². The summed E-state index contributed by atoms with van der Waals surface area (Å²) < 4.78 is 6.05. The Morgan fingerprint density at radius 3 is 2.76 bits per heavy atom. The first-order valence-electron chi connectivity index (χ1n) is 5.18. The summed E-state index contributed by atoms with van der Waals surface area (Å²) in [5, 5.41) is 5.14. The van der Waals surface area contributed by atoms with Gasteiger partial charge < -0.3 is 9.88 Å². The summed E-state index contributed by atoms with van der Waals surface area (Å²) in [5.74, 6) is 0.862. The molecule has 0 fully saturated rings. The molecule has 2 rings (SSSR count). The molecular formula is C10H12Cl2N4S. The number of rotatable bonds is 4. The summed E-state index contributed by atoms with van der Waals surface area (Å²) in [5.41, 5.74) is 1.01. The minimum absolute atomic E-state index is 0.551. The van der Waals surface area contributed by atoms with Crippen LogP contribution in [0.3, 0.4) is 0 Å². The van der Waals surface area contributed by atoms with Crippen molar-refractivity contribution in [1.82, 2.24) is 13.9 Å². The highest BCUT2D eigenvalue weighted by Crippen LogP contribution is 2.25. The SMILES string of the molecule is CCc1nsc(NCc2cc(Cl)c(Cl)n2C)n1. The summed E-state index contributed by atoms with van der Waals surface area (Å²) in [6.07, 6.45) is 0.847. The second kappa shape index (κ2) is 5.25. The van der Waals surface area contributed by atoms with Gasteiger partial charge in [0.1, 0.15) is 11.0 Å². The van der Waals surface area contributed by atoms with E-state index < -0.39 is 0 Å². The zero-order valence-electron chi connectivity index (χ0n) is 9.50. The lowest BCUT2D eigenvalue weighted by Gasteiger charge is -2.04. The van der Waals surface area contributed by atoms with E-state index in [1.807, 2.05) is 24.6 Å². The van der Waals surface area contributed by atoms with Crippen LogP contribution in [-0.4, -0.2) is 13.9 Å². The molecule has 0 aliphatic carbocycles. The highest BCUT2D eigenvalue weighted by atomic mass is 35.5. The van der Waals surface area contributed by atoms with Gasteiger partial charge in [-0.1, -0.05) is 30.1 Å². The van der Waals surface area contributed by atoms with Crippen LogP contribution >= 0.6 is 34.7 Å². The number of hydrogen-bond donors (Lipinski definition) is 1. The molecule has 2 aromatic heterocycles. The predicted octanol–water partition coefficient (Wildman–Crippen LogP) is 3.36. The van der Waals surface area contributed by atoms with Crippen LogP contribution < -0.4 is 5.32 Å². The van der Waals surface area contributed by atoms with Gasteiger partial charge in [0.25, 0.3) is 0 Å². The second-order valence-corrected chi connectivity index (χ2v) is 5.07. The minimum Gasteiger partial charge on any atom is -0.355 e. The van der Waals surface area contributed by atoms with Gasteiger partial charge in [-0.3, -0.25) is 0 Å². The fourth-order valence-electron chi connectivity index (χ4n) is 1.39. The zero-order valence-corrected chi connectivity index (χ0v) is 11.8. The number of aromatic nitrogens is 3. The summed E-state index contributed by atoms with van der Waals surface area (Å²) in [6, 6.07) is 1.85. The number of aryl methyl sites for hydroxylation is 1. The topological polar surface area (TPSA) is 42.7 Å². The third-order valence-electron chi connectivity index (χ3n) is 2.42. The Morgan fingerprint density at radius 2 is 2.24 bits per heavy atom. The fraction of sp³-hybridized carbons (Fsp3) is 0.400. The third-order valence-corrected chi connectivity index (χ3v) is 3.97. The molecular weight excluding hydrogens is 279 g/mol. The van der Waals surface area contributed by atoms with E-state index in [4.69, 9.17) is 23.2 Å². The van der Waals surface area contributed by atoms with Crippen molar-refractivity contribution in [2.24, 2.45) is 7.05 Å². The van der Waals surface area contributed by atoms with E-state index in [0.29, 0.717) is 16.7 Å². The van der Waals surface area contributed by atoms with E-state index in [-0.39, 0.29) is 0 Å².